The second kappa shape index (κ2) is 4.63. The lowest BCUT2D eigenvalue weighted by molar-refractivity contribution is 0.185. The fourth-order valence-electron chi connectivity index (χ4n) is 1.11. The minimum absolute atomic E-state index is 0.0156. The molecule has 78 valence electrons. The van der Waals surface area contributed by atoms with Gasteiger partial charge in [-0.1, -0.05) is 15.9 Å². The molecule has 14 heavy (non-hydrogen) atoms. The zero-order chi connectivity index (χ0) is 10.7. The number of phenols is 1. The highest BCUT2D eigenvalue weighted by atomic mass is 79.9. The minimum atomic E-state index is -0.791. The van der Waals surface area contributed by atoms with Crippen LogP contribution in [0.25, 0.3) is 0 Å². The topological polar surface area (TPSA) is 75.7 Å². The van der Waals surface area contributed by atoms with Crippen LogP contribution >= 0.6 is 15.9 Å². The van der Waals surface area contributed by atoms with Crippen molar-refractivity contribution < 1.29 is 14.9 Å². The number of methoxy groups -OCH3 is 1. The molecule has 1 atom stereocenters. The molecular weight excluding hydrogens is 250 g/mol. The molecule has 0 radical (unpaired) electrons. The lowest BCUT2D eigenvalue weighted by atomic mass is 10.1. The second-order valence-electron chi connectivity index (χ2n) is 2.80. The lowest BCUT2D eigenvalue weighted by Gasteiger charge is -2.12. The van der Waals surface area contributed by atoms with Crippen LogP contribution in [0.15, 0.2) is 16.6 Å². The zero-order valence-corrected chi connectivity index (χ0v) is 9.28. The Morgan fingerprint density at radius 1 is 1.57 bits per heavy atom. The molecule has 0 bridgehead atoms. The molecule has 1 aromatic rings. The van der Waals surface area contributed by atoms with Crippen molar-refractivity contribution in [3.63, 3.8) is 0 Å². The average molecular weight is 262 g/mol. The first-order valence-electron chi connectivity index (χ1n) is 4.04. The van der Waals surface area contributed by atoms with Gasteiger partial charge >= 0.3 is 0 Å². The third-order valence-corrected chi connectivity index (χ3v) is 2.57. The molecule has 0 saturated carbocycles. The molecule has 4 nitrogen and oxygen atoms in total. The predicted molar refractivity (Wildman–Crippen MR) is 56.4 cm³/mol. The van der Waals surface area contributed by atoms with Crippen LogP contribution in [0.1, 0.15) is 11.7 Å². The van der Waals surface area contributed by atoms with Crippen LogP contribution in [0.3, 0.4) is 0 Å². The highest BCUT2D eigenvalue weighted by Crippen LogP contribution is 2.34. The van der Waals surface area contributed by atoms with Gasteiger partial charge in [-0.2, -0.15) is 0 Å². The largest absolute Gasteiger partial charge is 0.504 e. The van der Waals surface area contributed by atoms with E-state index in [1.54, 1.807) is 6.07 Å². The third-order valence-electron chi connectivity index (χ3n) is 1.88. The van der Waals surface area contributed by atoms with Crippen molar-refractivity contribution in [2.24, 2.45) is 5.73 Å². The van der Waals surface area contributed by atoms with Crippen LogP contribution in [0.2, 0.25) is 0 Å². The fraction of sp³-hybridized carbons (Fsp3) is 0.333. The van der Waals surface area contributed by atoms with E-state index in [0.29, 0.717) is 15.8 Å². The van der Waals surface area contributed by atoms with E-state index < -0.39 is 6.10 Å². The Labute approximate surface area is 90.4 Å². The first-order chi connectivity index (χ1) is 6.60. The molecule has 0 spiro atoms. The van der Waals surface area contributed by atoms with Gasteiger partial charge in [0.25, 0.3) is 0 Å². The van der Waals surface area contributed by atoms with E-state index in [-0.39, 0.29) is 12.3 Å². The summed E-state index contributed by atoms with van der Waals surface area (Å²) in [4.78, 5) is 0. The summed E-state index contributed by atoms with van der Waals surface area (Å²) in [6.07, 6.45) is -0.791. The fourth-order valence-corrected chi connectivity index (χ4v) is 1.69. The van der Waals surface area contributed by atoms with Crippen molar-refractivity contribution in [2.75, 3.05) is 13.7 Å². The maximum atomic E-state index is 9.49. The standard InChI is InChI=1S/C9H12BrNO3/c1-14-9-3-6(10)5(2-7(9)12)8(13)4-11/h2-3,8,12-13H,4,11H2,1H3/t8-/m1/s1. The van der Waals surface area contributed by atoms with E-state index in [2.05, 4.69) is 15.9 Å². The van der Waals surface area contributed by atoms with Gasteiger partial charge < -0.3 is 20.7 Å². The maximum Gasteiger partial charge on any atom is 0.161 e. The van der Waals surface area contributed by atoms with Crippen LogP contribution in [0.5, 0.6) is 11.5 Å². The summed E-state index contributed by atoms with van der Waals surface area (Å²) in [7, 11) is 1.46. The zero-order valence-electron chi connectivity index (χ0n) is 7.70. The van der Waals surface area contributed by atoms with Gasteiger partial charge in [-0.25, -0.2) is 0 Å². The monoisotopic (exact) mass is 261 g/mol. The van der Waals surface area contributed by atoms with Crippen LogP contribution < -0.4 is 10.5 Å². The molecule has 0 heterocycles. The molecule has 0 unspecified atom stereocenters. The molecule has 0 aliphatic heterocycles. The lowest BCUT2D eigenvalue weighted by Crippen LogP contribution is -2.12. The van der Waals surface area contributed by atoms with Crippen molar-refractivity contribution >= 4 is 15.9 Å². The smallest absolute Gasteiger partial charge is 0.161 e. The van der Waals surface area contributed by atoms with Gasteiger partial charge in [-0.3, -0.25) is 0 Å². The molecule has 0 amide bonds. The van der Waals surface area contributed by atoms with Gasteiger partial charge in [-0.05, 0) is 17.7 Å². The van der Waals surface area contributed by atoms with Crippen molar-refractivity contribution in [1.29, 1.82) is 0 Å². The van der Waals surface area contributed by atoms with Gasteiger partial charge in [0.1, 0.15) is 0 Å². The van der Waals surface area contributed by atoms with E-state index in [9.17, 15) is 10.2 Å². The van der Waals surface area contributed by atoms with E-state index in [1.807, 2.05) is 0 Å². The van der Waals surface area contributed by atoms with E-state index in [4.69, 9.17) is 10.5 Å². The third kappa shape index (κ3) is 2.17. The van der Waals surface area contributed by atoms with Crippen molar-refractivity contribution in [3.05, 3.63) is 22.2 Å². The summed E-state index contributed by atoms with van der Waals surface area (Å²) in [6, 6.07) is 3.02. The number of phenolic OH excluding ortho intramolecular Hbond substituents is 1. The van der Waals surface area contributed by atoms with Gasteiger partial charge in [0, 0.05) is 11.0 Å². The first-order valence-corrected chi connectivity index (χ1v) is 4.84. The molecule has 0 aromatic heterocycles. The Hall–Kier alpha value is -0.780. The number of hydrogen-bond donors (Lipinski definition) is 3. The van der Waals surface area contributed by atoms with E-state index in [1.165, 1.54) is 13.2 Å². The minimum Gasteiger partial charge on any atom is -0.504 e. The number of halogens is 1. The molecule has 5 heteroatoms. The number of aliphatic hydroxyl groups is 1. The van der Waals surface area contributed by atoms with Gasteiger partial charge in [0.2, 0.25) is 0 Å². The van der Waals surface area contributed by atoms with Crippen LogP contribution in [-0.2, 0) is 0 Å². The number of rotatable bonds is 3. The van der Waals surface area contributed by atoms with Crippen molar-refractivity contribution in [1.82, 2.24) is 0 Å². The van der Waals surface area contributed by atoms with Gasteiger partial charge in [0.05, 0.1) is 13.2 Å². The average Bonchev–Trinajstić information content (AvgIpc) is 2.19. The van der Waals surface area contributed by atoms with Crippen molar-refractivity contribution in [3.8, 4) is 11.5 Å². The number of hydrogen-bond acceptors (Lipinski definition) is 4. The quantitative estimate of drug-likeness (QED) is 0.763. The van der Waals surface area contributed by atoms with Crippen LogP contribution in [-0.4, -0.2) is 23.9 Å². The molecule has 0 fully saturated rings. The predicted octanol–water partition coefficient (Wildman–Crippen LogP) is 1.16. The molecule has 0 saturated heterocycles. The first kappa shape index (κ1) is 11.3. The molecule has 0 aliphatic rings. The number of nitrogens with two attached hydrogens (primary N) is 1. The molecule has 0 aliphatic carbocycles. The number of benzene rings is 1. The Kier molecular flexibility index (Phi) is 3.74. The van der Waals surface area contributed by atoms with Gasteiger partial charge in [0.15, 0.2) is 11.5 Å². The number of aromatic hydroxyl groups is 1. The SMILES string of the molecule is COc1cc(Br)c([C@H](O)CN)cc1O. The van der Waals surface area contributed by atoms with E-state index in [0.717, 1.165) is 0 Å². The number of aliphatic hydroxyl groups excluding tert-OH is 1. The summed E-state index contributed by atoms with van der Waals surface area (Å²) in [5.74, 6) is 0.336. The highest BCUT2D eigenvalue weighted by molar-refractivity contribution is 9.10. The number of ether oxygens (including phenoxy) is 1. The maximum absolute atomic E-state index is 9.49. The molecule has 1 rings (SSSR count). The Bertz CT molecular complexity index is 330. The van der Waals surface area contributed by atoms with Gasteiger partial charge in [-0.15, -0.1) is 0 Å². The van der Waals surface area contributed by atoms with E-state index >= 15 is 0 Å². The second-order valence-corrected chi connectivity index (χ2v) is 3.65. The molecular formula is C9H12BrNO3. The summed E-state index contributed by atoms with van der Waals surface area (Å²) in [5.41, 5.74) is 5.86. The summed E-state index contributed by atoms with van der Waals surface area (Å²) in [6.45, 7) is 0.102. The van der Waals surface area contributed by atoms with Crippen LogP contribution in [0.4, 0.5) is 0 Å². The normalized spacial score (nSPS) is 12.6. The Morgan fingerprint density at radius 2 is 2.21 bits per heavy atom. The molecule has 1 aromatic carbocycles. The van der Waals surface area contributed by atoms with Crippen LogP contribution in [0, 0.1) is 0 Å². The summed E-state index contributed by atoms with van der Waals surface area (Å²) in [5, 5.41) is 19.0. The van der Waals surface area contributed by atoms with Crippen molar-refractivity contribution in [2.45, 2.75) is 6.10 Å². The Balaban J connectivity index is 3.14. The Morgan fingerprint density at radius 3 is 2.71 bits per heavy atom. The highest BCUT2D eigenvalue weighted by Gasteiger charge is 2.13. The summed E-state index contributed by atoms with van der Waals surface area (Å²) >= 11 is 3.26. The summed E-state index contributed by atoms with van der Waals surface area (Å²) < 4.78 is 5.56. The molecule has 4 N–H and O–H groups in total.